The Balaban J connectivity index is 2.41. The number of anilines is 1. The molecule has 1 fully saturated rings. The van der Waals surface area contributed by atoms with E-state index in [1.54, 1.807) is 4.68 Å². The van der Waals surface area contributed by atoms with Crippen molar-refractivity contribution in [1.82, 2.24) is 9.78 Å². The first-order chi connectivity index (χ1) is 8.19. The number of hydrogen-bond donors (Lipinski definition) is 1. The lowest BCUT2D eigenvalue weighted by Gasteiger charge is -2.11. The molecular formula is C11H17N3O2S. The van der Waals surface area contributed by atoms with Gasteiger partial charge in [-0.3, -0.25) is 0 Å². The molecule has 0 unspecified atom stereocenters. The molecule has 0 saturated heterocycles. The molecule has 6 heteroatoms. The van der Waals surface area contributed by atoms with Gasteiger partial charge < -0.3 is 10.5 Å². The van der Waals surface area contributed by atoms with Crippen LogP contribution in [-0.2, 0) is 4.74 Å². The Hall–Kier alpha value is -1.17. The zero-order valence-electron chi connectivity index (χ0n) is 10.1. The van der Waals surface area contributed by atoms with Gasteiger partial charge in [0.2, 0.25) is 0 Å². The number of nitrogen functional groups attached to an aromatic ring is 1. The zero-order chi connectivity index (χ0) is 12.4. The largest absolute Gasteiger partial charge is 0.465 e. The standard InChI is InChI=1S/C11H17N3O2S/c1-16-11(15)8-9(12)14(13-10(8)17-2)7-5-3-4-6-7/h7H,3-6,12H2,1-2H3. The summed E-state index contributed by atoms with van der Waals surface area (Å²) in [6.07, 6.45) is 6.45. The molecule has 1 saturated carbocycles. The number of nitrogens with zero attached hydrogens (tertiary/aromatic N) is 2. The molecule has 0 atom stereocenters. The monoisotopic (exact) mass is 255 g/mol. The van der Waals surface area contributed by atoms with Gasteiger partial charge in [0.05, 0.1) is 13.2 Å². The molecule has 94 valence electrons. The number of thioether (sulfide) groups is 1. The molecule has 0 aromatic carbocycles. The summed E-state index contributed by atoms with van der Waals surface area (Å²) in [5, 5.41) is 5.09. The smallest absolute Gasteiger partial charge is 0.344 e. The summed E-state index contributed by atoms with van der Waals surface area (Å²) < 4.78 is 6.55. The molecule has 5 nitrogen and oxygen atoms in total. The van der Waals surface area contributed by atoms with Crippen LogP contribution < -0.4 is 5.73 Å². The molecule has 0 amide bonds. The molecule has 0 aliphatic heterocycles. The van der Waals surface area contributed by atoms with E-state index in [-0.39, 0.29) is 0 Å². The van der Waals surface area contributed by atoms with Crippen LogP contribution in [0, 0.1) is 0 Å². The minimum absolute atomic E-state index is 0.333. The van der Waals surface area contributed by atoms with Gasteiger partial charge >= 0.3 is 5.97 Å². The summed E-state index contributed by atoms with van der Waals surface area (Å²) in [5.41, 5.74) is 6.43. The molecule has 1 aromatic heterocycles. The molecule has 0 bridgehead atoms. The second-order valence-corrected chi connectivity index (χ2v) is 4.94. The molecule has 1 aliphatic rings. The lowest BCUT2D eigenvalue weighted by molar-refractivity contribution is 0.0598. The molecule has 2 rings (SSSR count). The van der Waals surface area contributed by atoms with Crippen molar-refractivity contribution in [3.8, 4) is 0 Å². The lowest BCUT2D eigenvalue weighted by Crippen LogP contribution is -2.12. The molecular weight excluding hydrogens is 238 g/mol. The van der Waals surface area contributed by atoms with Crippen molar-refractivity contribution in [2.24, 2.45) is 0 Å². The lowest BCUT2D eigenvalue weighted by atomic mass is 10.2. The van der Waals surface area contributed by atoms with E-state index in [2.05, 4.69) is 5.10 Å². The van der Waals surface area contributed by atoms with E-state index in [1.165, 1.54) is 31.7 Å². The first-order valence-corrected chi connectivity index (χ1v) is 6.91. The fourth-order valence-corrected chi connectivity index (χ4v) is 2.85. The first-order valence-electron chi connectivity index (χ1n) is 5.69. The highest BCUT2D eigenvalue weighted by atomic mass is 32.2. The Morgan fingerprint density at radius 1 is 1.53 bits per heavy atom. The highest BCUT2D eigenvalue weighted by Crippen LogP contribution is 2.34. The van der Waals surface area contributed by atoms with Gasteiger partial charge in [-0.2, -0.15) is 5.10 Å². The summed E-state index contributed by atoms with van der Waals surface area (Å²) in [6, 6.07) is 0.333. The number of nitrogens with two attached hydrogens (primary N) is 1. The first kappa shape index (κ1) is 12.3. The molecule has 1 aromatic rings. The van der Waals surface area contributed by atoms with Gasteiger partial charge in [-0.15, -0.1) is 11.8 Å². The van der Waals surface area contributed by atoms with Gasteiger partial charge in [0.1, 0.15) is 16.4 Å². The minimum atomic E-state index is -0.406. The normalized spacial score (nSPS) is 16.4. The van der Waals surface area contributed by atoms with Crippen LogP contribution in [0.15, 0.2) is 5.03 Å². The molecule has 17 heavy (non-hydrogen) atoms. The van der Waals surface area contributed by atoms with E-state index in [0.29, 0.717) is 22.4 Å². The van der Waals surface area contributed by atoms with Crippen molar-refractivity contribution in [1.29, 1.82) is 0 Å². The molecule has 1 heterocycles. The number of carbonyl (C=O) groups is 1. The van der Waals surface area contributed by atoms with Crippen molar-refractivity contribution < 1.29 is 9.53 Å². The Morgan fingerprint density at radius 2 is 2.18 bits per heavy atom. The molecule has 0 spiro atoms. The molecule has 2 N–H and O–H groups in total. The van der Waals surface area contributed by atoms with E-state index >= 15 is 0 Å². The maximum atomic E-state index is 11.7. The topological polar surface area (TPSA) is 70.1 Å². The van der Waals surface area contributed by atoms with Gasteiger partial charge in [-0.25, -0.2) is 9.48 Å². The van der Waals surface area contributed by atoms with Crippen molar-refractivity contribution >= 4 is 23.5 Å². The third-order valence-corrected chi connectivity index (χ3v) is 3.84. The average molecular weight is 255 g/mol. The number of hydrogen-bond acceptors (Lipinski definition) is 5. The predicted molar refractivity (Wildman–Crippen MR) is 67.3 cm³/mol. The average Bonchev–Trinajstić information content (AvgIpc) is 2.95. The summed E-state index contributed by atoms with van der Waals surface area (Å²) in [4.78, 5) is 11.7. The quantitative estimate of drug-likeness (QED) is 0.661. The van der Waals surface area contributed by atoms with Crippen LogP contribution in [0.2, 0.25) is 0 Å². The number of methoxy groups -OCH3 is 1. The Bertz CT molecular complexity index is 425. The Kier molecular flexibility index (Phi) is 3.61. The Morgan fingerprint density at radius 3 is 2.71 bits per heavy atom. The molecule has 0 radical (unpaired) electrons. The summed E-state index contributed by atoms with van der Waals surface area (Å²) in [7, 11) is 1.36. The third-order valence-electron chi connectivity index (χ3n) is 3.17. The van der Waals surface area contributed by atoms with Crippen molar-refractivity contribution in [2.45, 2.75) is 36.8 Å². The van der Waals surface area contributed by atoms with Crippen LogP contribution in [0.5, 0.6) is 0 Å². The fraction of sp³-hybridized carbons (Fsp3) is 0.636. The molecule has 1 aliphatic carbocycles. The highest BCUT2D eigenvalue weighted by Gasteiger charge is 2.27. The summed E-state index contributed by atoms with van der Waals surface area (Å²) in [5.74, 6) is 0.0317. The van der Waals surface area contributed by atoms with Gasteiger partial charge in [0.15, 0.2) is 0 Å². The predicted octanol–water partition coefficient (Wildman–Crippen LogP) is 2.09. The Labute approximate surface area is 105 Å². The number of rotatable bonds is 3. The zero-order valence-corrected chi connectivity index (χ0v) is 10.9. The number of carbonyl (C=O) groups excluding carboxylic acids is 1. The van der Waals surface area contributed by atoms with Gasteiger partial charge in [0.25, 0.3) is 0 Å². The van der Waals surface area contributed by atoms with E-state index in [0.717, 1.165) is 12.8 Å². The maximum absolute atomic E-state index is 11.7. The van der Waals surface area contributed by atoms with Crippen LogP contribution in [-0.4, -0.2) is 29.1 Å². The van der Waals surface area contributed by atoms with Crippen LogP contribution in [0.3, 0.4) is 0 Å². The van der Waals surface area contributed by atoms with E-state index in [9.17, 15) is 4.79 Å². The van der Waals surface area contributed by atoms with Crippen LogP contribution in [0.4, 0.5) is 5.82 Å². The maximum Gasteiger partial charge on any atom is 0.344 e. The van der Waals surface area contributed by atoms with Crippen molar-refractivity contribution in [3.63, 3.8) is 0 Å². The SMILES string of the molecule is COC(=O)c1c(SC)nn(C2CCCC2)c1N. The van der Waals surface area contributed by atoms with Gasteiger partial charge in [-0.05, 0) is 19.1 Å². The minimum Gasteiger partial charge on any atom is -0.465 e. The fourth-order valence-electron chi connectivity index (χ4n) is 2.29. The number of ether oxygens (including phenoxy) is 1. The number of esters is 1. The van der Waals surface area contributed by atoms with Gasteiger partial charge in [-0.1, -0.05) is 12.8 Å². The summed E-state index contributed by atoms with van der Waals surface area (Å²) >= 11 is 1.42. The van der Waals surface area contributed by atoms with Crippen molar-refractivity contribution in [3.05, 3.63) is 5.56 Å². The van der Waals surface area contributed by atoms with E-state index in [1.807, 2.05) is 6.26 Å². The van der Waals surface area contributed by atoms with Crippen LogP contribution >= 0.6 is 11.8 Å². The van der Waals surface area contributed by atoms with Crippen LogP contribution in [0.1, 0.15) is 42.1 Å². The second kappa shape index (κ2) is 5.00. The highest BCUT2D eigenvalue weighted by molar-refractivity contribution is 7.98. The van der Waals surface area contributed by atoms with Crippen LogP contribution in [0.25, 0.3) is 0 Å². The number of aromatic nitrogens is 2. The third kappa shape index (κ3) is 2.13. The second-order valence-electron chi connectivity index (χ2n) is 4.14. The van der Waals surface area contributed by atoms with E-state index < -0.39 is 5.97 Å². The van der Waals surface area contributed by atoms with Gasteiger partial charge in [0, 0.05) is 0 Å². The van der Waals surface area contributed by atoms with E-state index in [4.69, 9.17) is 10.5 Å². The summed E-state index contributed by atoms with van der Waals surface area (Å²) in [6.45, 7) is 0. The van der Waals surface area contributed by atoms with Crippen molar-refractivity contribution in [2.75, 3.05) is 19.1 Å².